The number of aromatic nitrogens is 3. The molecule has 98 valence electrons. The molecule has 2 aromatic heterocycles. The number of aryl methyl sites for hydroxylation is 2. The minimum Gasteiger partial charge on any atom is -0.256 e. The third kappa shape index (κ3) is 3.06. The van der Waals surface area contributed by atoms with Gasteiger partial charge in [0.2, 0.25) is 0 Å². The Morgan fingerprint density at radius 3 is 2.15 bits per heavy atom. The minimum absolute atomic E-state index is 0.854. The zero-order valence-corrected chi connectivity index (χ0v) is 11.1. The first-order valence-electron chi connectivity index (χ1n) is 6.68. The van der Waals surface area contributed by atoms with E-state index in [9.17, 15) is 0 Å². The first kappa shape index (κ1) is 12.5. The lowest BCUT2D eigenvalue weighted by Gasteiger charge is -2.03. The summed E-state index contributed by atoms with van der Waals surface area (Å²) in [6.45, 7) is 0. The normalized spacial score (nSPS) is 10.4. The summed E-state index contributed by atoms with van der Waals surface area (Å²) >= 11 is 0. The van der Waals surface area contributed by atoms with Crippen LogP contribution in [0, 0.1) is 0 Å². The molecule has 0 amide bonds. The third-order valence-corrected chi connectivity index (χ3v) is 3.15. The van der Waals surface area contributed by atoms with Crippen LogP contribution in [0.2, 0.25) is 0 Å². The lowest BCUT2D eigenvalue weighted by Crippen LogP contribution is -1.98. The molecule has 0 aliphatic carbocycles. The molecule has 0 atom stereocenters. The fourth-order valence-electron chi connectivity index (χ4n) is 2.05. The molecule has 1 aromatic carbocycles. The summed E-state index contributed by atoms with van der Waals surface area (Å²) in [4.78, 5) is 13.1. The van der Waals surface area contributed by atoms with Gasteiger partial charge in [-0.2, -0.15) is 0 Å². The monoisotopic (exact) mass is 261 g/mol. The number of hydrogen-bond acceptors (Lipinski definition) is 3. The van der Waals surface area contributed by atoms with Gasteiger partial charge in [0.25, 0.3) is 0 Å². The molecular weight excluding hydrogens is 246 g/mol. The minimum atomic E-state index is 0.854. The van der Waals surface area contributed by atoms with E-state index < -0.39 is 0 Å². The highest BCUT2D eigenvalue weighted by Gasteiger charge is 2.01. The topological polar surface area (TPSA) is 38.7 Å². The Balaban J connectivity index is 1.68. The first-order chi connectivity index (χ1) is 9.92. The van der Waals surface area contributed by atoms with Crippen LogP contribution in [0.4, 0.5) is 0 Å². The number of hydrogen-bond donors (Lipinski definition) is 0. The van der Waals surface area contributed by atoms with E-state index in [2.05, 4.69) is 39.2 Å². The van der Waals surface area contributed by atoms with Crippen LogP contribution >= 0.6 is 0 Å². The molecular formula is C17H15N3. The van der Waals surface area contributed by atoms with Crippen LogP contribution in [0.5, 0.6) is 0 Å². The Morgan fingerprint density at radius 1 is 0.700 bits per heavy atom. The van der Waals surface area contributed by atoms with E-state index in [1.165, 1.54) is 5.56 Å². The summed E-state index contributed by atoms with van der Waals surface area (Å²) in [5.74, 6) is 0.869. The largest absolute Gasteiger partial charge is 0.256 e. The van der Waals surface area contributed by atoms with Gasteiger partial charge in [-0.1, -0.05) is 36.4 Å². The van der Waals surface area contributed by atoms with Crippen LogP contribution in [-0.4, -0.2) is 15.0 Å². The Morgan fingerprint density at radius 2 is 1.45 bits per heavy atom. The van der Waals surface area contributed by atoms with Crippen molar-refractivity contribution in [2.24, 2.45) is 0 Å². The van der Waals surface area contributed by atoms with Crippen LogP contribution in [0.3, 0.4) is 0 Å². The summed E-state index contributed by atoms with van der Waals surface area (Å²) in [7, 11) is 0. The summed E-state index contributed by atoms with van der Waals surface area (Å²) in [5.41, 5.74) is 3.17. The van der Waals surface area contributed by atoms with Crippen molar-refractivity contribution >= 4 is 0 Å². The van der Waals surface area contributed by atoms with Crippen molar-refractivity contribution in [2.45, 2.75) is 12.8 Å². The van der Waals surface area contributed by atoms with Crippen molar-refractivity contribution in [1.82, 2.24) is 15.0 Å². The Hall–Kier alpha value is -2.55. The molecule has 0 bridgehead atoms. The molecule has 20 heavy (non-hydrogen) atoms. The lowest BCUT2D eigenvalue weighted by molar-refractivity contribution is 0.858. The van der Waals surface area contributed by atoms with Crippen molar-refractivity contribution in [3.63, 3.8) is 0 Å². The van der Waals surface area contributed by atoms with Crippen LogP contribution in [0.1, 0.15) is 11.4 Å². The molecule has 0 unspecified atom stereocenters. The van der Waals surface area contributed by atoms with Gasteiger partial charge in [0.15, 0.2) is 0 Å². The van der Waals surface area contributed by atoms with E-state index in [1.54, 1.807) is 6.20 Å². The second kappa shape index (κ2) is 6.06. The van der Waals surface area contributed by atoms with Gasteiger partial charge in [0, 0.05) is 30.6 Å². The quantitative estimate of drug-likeness (QED) is 0.723. The van der Waals surface area contributed by atoms with Crippen molar-refractivity contribution in [1.29, 1.82) is 0 Å². The molecule has 3 aromatic rings. The molecule has 2 heterocycles. The summed E-state index contributed by atoms with van der Waals surface area (Å²) < 4.78 is 0. The zero-order valence-electron chi connectivity index (χ0n) is 11.1. The van der Waals surface area contributed by atoms with Crippen LogP contribution in [0.25, 0.3) is 11.3 Å². The molecule has 0 spiro atoms. The van der Waals surface area contributed by atoms with Gasteiger partial charge in [0.05, 0.1) is 5.69 Å². The van der Waals surface area contributed by atoms with Crippen LogP contribution < -0.4 is 0 Å². The number of pyridine rings is 1. The maximum absolute atomic E-state index is 4.42. The fraction of sp³-hybridized carbons (Fsp3) is 0.118. The van der Waals surface area contributed by atoms with Crippen molar-refractivity contribution in [2.75, 3.05) is 0 Å². The summed E-state index contributed by atoms with van der Waals surface area (Å²) in [6.07, 6.45) is 7.28. The van der Waals surface area contributed by atoms with Gasteiger partial charge in [0.1, 0.15) is 5.82 Å². The average Bonchev–Trinajstić information content (AvgIpc) is 2.55. The standard InChI is InChI=1S/C17H15N3/c1-2-6-14(7-3-1)9-10-17-19-12-15(13-20-17)16-8-4-5-11-18-16/h1-8,11-13H,9-10H2. The third-order valence-electron chi connectivity index (χ3n) is 3.15. The first-order valence-corrected chi connectivity index (χ1v) is 6.68. The molecule has 3 nitrogen and oxygen atoms in total. The van der Waals surface area contributed by atoms with Gasteiger partial charge in [-0.05, 0) is 24.1 Å². The van der Waals surface area contributed by atoms with E-state index in [0.29, 0.717) is 0 Å². The van der Waals surface area contributed by atoms with Crippen LogP contribution in [-0.2, 0) is 12.8 Å². The summed E-state index contributed by atoms with van der Waals surface area (Å²) in [5, 5.41) is 0. The number of nitrogens with zero attached hydrogens (tertiary/aromatic N) is 3. The van der Waals surface area contributed by atoms with E-state index in [-0.39, 0.29) is 0 Å². The smallest absolute Gasteiger partial charge is 0.128 e. The van der Waals surface area contributed by atoms with Crippen molar-refractivity contribution in [3.8, 4) is 11.3 Å². The second-order valence-electron chi connectivity index (χ2n) is 4.59. The number of benzene rings is 1. The molecule has 3 heteroatoms. The molecule has 3 rings (SSSR count). The molecule has 0 fully saturated rings. The van der Waals surface area contributed by atoms with Crippen molar-refractivity contribution < 1.29 is 0 Å². The molecule has 0 saturated carbocycles. The highest BCUT2D eigenvalue weighted by molar-refractivity contribution is 5.55. The Bertz CT molecular complexity index is 649. The van der Waals surface area contributed by atoms with E-state index in [1.807, 2.05) is 36.7 Å². The Kier molecular flexibility index (Phi) is 3.78. The predicted molar refractivity (Wildman–Crippen MR) is 79.1 cm³/mol. The molecule has 0 radical (unpaired) electrons. The maximum atomic E-state index is 4.42. The molecule has 0 aliphatic heterocycles. The molecule has 0 saturated heterocycles. The van der Waals surface area contributed by atoms with Crippen LogP contribution in [0.15, 0.2) is 67.1 Å². The number of rotatable bonds is 4. The maximum Gasteiger partial charge on any atom is 0.128 e. The van der Waals surface area contributed by atoms with Gasteiger partial charge in [-0.15, -0.1) is 0 Å². The van der Waals surface area contributed by atoms with E-state index in [0.717, 1.165) is 29.9 Å². The van der Waals surface area contributed by atoms with Gasteiger partial charge in [-0.3, -0.25) is 4.98 Å². The highest BCUT2D eigenvalue weighted by atomic mass is 14.9. The van der Waals surface area contributed by atoms with E-state index >= 15 is 0 Å². The fourth-order valence-corrected chi connectivity index (χ4v) is 2.05. The van der Waals surface area contributed by atoms with E-state index in [4.69, 9.17) is 0 Å². The zero-order chi connectivity index (χ0) is 13.6. The Labute approximate surface area is 118 Å². The SMILES string of the molecule is c1ccc(CCc2ncc(-c3ccccn3)cn2)cc1. The molecule has 0 N–H and O–H groups in total. The molecule has 0 aliphatic rings. The van der Waals surface area contributed by atoms with Gasteiger partial charge < -0.3 is 0 Å². The lowest BCUT2D eigenvalue weighted by atomic mass is 10.1. The van der Waals surface area contributed by atoms with Gasteiger partial charge >= 0.3 is 0 Å². The predicted octanol–water partition coefficient (Wildman–Crippen LogP) is 3.32. The average molecular weight is 261 g/mol. The van der Waals surface area contributed by atoms with Crippen molar-refractivity contribution in [3.05, 3.63) is 78.5 Å². The van der Waals surface area contributed by atoms with Gasteiger partial charge in [-0.25, -0.2) is 9.97 Å². The summed E-state index contributed by atoms with van der Waals surface area (Å²) in [6, 6.07) is 16.2. The second-order valence-corrected chi connectivity index (χ2v) is 4.59. The highest BCUT2D eigenvalue weighted by Crippen LogP contribution is 2.13.